The van der Waals surface area contributed by atoms with E-state index in [1.165, 1.54) is 18.2 Å². The topological polar surface area (TPSA) is 17.1 Å². The van der Waals surface area contributed by atoms with Gasteiger partial charge in [-0.1, -0.05) is 36.9 Å². The molecule has 1 aromatic carbocycles. The van der Waals surface area contributed by atoms with Gasteiger partial charge in [-0.15, -0.1) is 0 Å². The molecule has 0 fully saturated rings. The van der Waals surface area contributed by atoms with Crippen molar-refractivity contribution in [3.63, 3.8) is 0 Å². The van der Waals surface area contributed by atoms with Gasteiger partial charge in [0.2, 0.25) is 0 Å². The molecule has 0 saturated heterocycles. The van der Waals surface area contributed by atoms with Crippen LogP contribution < -0.4 is 0 Å². The van der Waals surface area contributed by atoms with E-state index in [4.69, 9.17) is 0 Å². The van der Waals surface area contributed by atoms with Crippen molar-refractivity contribution in [2.45, 2.75) is 23.3 Å². The van der Waals surface area contributed by atoms with Gasteiger partial charge in [-0.3, -0.25) is 0 Å². The van der Waals surface area contributed by atoms with Crippen LogP contribution in [0.3, 0.4) is 0 Å². The lowest BCUT2D eigenvalue weighted by atomic mass is 10.1. The number of halogens is 9. The van der Waals surface area contributed by atoms with Crippen LogP contribution in [0.4, 0.5) is 39.5 Å². The van der Waals surface area contributed by atoms with Crippen LogP contribution in [-0.4, -0.2) is 27.5 Å². The lowest BCUT2D eigenvalue weighted by molar-refractivity contribution is -0.381. The van der Waals surface area contributed by atoms with Crippen LogP contribution in [0.2, 0.25) is 0 Å². The Hall–Kier alpha value is -1.52. The molecule has 0 radical (unpaired) electrons. The molecule has 1 nitrogen and oxygen atoms in total. The minimum atomic E-state index is -7.09. The van der Waals surface area contributed by atoms with Crippen molar-refractivity contribution in [1.82, 2.24) is 0 Å². The molecule has 0 aliphatic rings. The van der Waals surface area contributed by atoms with Crippen molar-refractivity contribution in [3.05, 3.63) is 42.5 Å². The zero-order valence-electron chi connectivity index (χ0n) is 10.8. The molecule has 1 aromatic rings. The summed E-state index contributed by atoms with van der Waals surface area (Å²) in [5.74, 6) is -14.0. The van der Waals surface area contributed by atoms with Gasteiger partial charge in [0.1, 0.15) is 10.8 Å². The second kappa shape index (κ2) is 5.84. The molecule has 0 saturated carbocycles. The maximum Gasteiger partial charge on any atom is 0.460 e. The number of hydrogen-bond acceptors (Lipinski definition) is 1. The highest BCUT2D eigenvalue weighted by molar-refractivity contribution is 7.95. The van der Waals surface area contributed by atoms with Crippen molar-refractivity contribution >= 4 is 15.7 Å². The Bertz CT molecular complexity index is 607. The summed E-state index contributed by atoms with van der Waals surface area (Å²) in [4.78, 5) is -1.21. The Balaban J connectivity index is 3.29. The van der Waals surface area contributed by atoms with E-state index in [0.717, 1.165) is 12.1 Å². The Morgan fingerprint density at radius 1 is 0.826 bits per heavy atom. The molecule has 0 N–H and O–H groups in total. The van der Waals surface area contributed by atoms with Gasteiger partial charge in [-0.05, 0) is 5.56 Å². The molecule has 1 atom stereocenters. The van der Waals surface area contributed by atoms with Gasteiger partial charge in [-0.2, -0.15) is 39.5 Å². The van der Waals surface area contributed by atoms with Gasteiger partial charge >= 0.3 is 23.3 Å². The van der Waals surface area contributed by atoms with Crippen molar-refractivity contribution in [2.75, 3.05) is 0 Å². The average Bonchev–Trinajstić information content (AvgIpc) is 2.44. The number of alkyl halides is 9. The SMILES string of the molecule is C=C(c1ccccc1)[S@@](=O)C(F)(F)C(F)(F)C(F)(F)C(F)(F)F. The van der Waals surface area contributed by atoms with Crippen molar-refractivity contribution in [1.29, 1.82) is 0 Å². The summed E-state index contributed by atoms with van der Waals surface area (Å²) < 4.78 is 126. The second-order valence-electron chi connectivity index (χ2n) is 4.22. The number of benzene rings is 1. The van der Waals surface area contributed by atoms with E-state index in [0.29, 0.717) is 0 Å². The second-order valence-corrected chi connectivity index (χ2v) is 5.76. The number of hydrogen-bond donors (Lipinski definition) is 0. The maximum absolute atomic E-state index is 13.5. The predicted octanol–water partition coefficient (Wildman–Crippen LogP) is 4.83. The van der Waals surface area contributed by atoms with Crippen molar-refractivity contribution in [3.8, 4) is 0 Å². The Morgan fingerprint density at radius 3 is 1.65 bits per heavy atom. The van der Waals surface area contributed by atoms with Gasteiger partial charge in [0.05, 0.1) is 0 Å². The third kappa shape index (κ3) is 3.10. The molecule has 0 aliphatic carbocycles. The maximum atomic E-state index is 13.5. The van der Waals surface area contributed by atoms with Gasteiger partial charge in [0.25, 0.3) is 0 Å². The summed E-state index contributed by atoms with van der Waals surface area (Å²) in [5, 5.41) is -6.21. The fraction of sp³-hybridized carbons (Fsp3) is 0.333. The summed E-state index contributed by atoms with van der Waals surface area (Å²) in [5.41, 5.74) is -0.378. The van der Waals surface area contributed by atoms with E-state index in [1.54, 1.807) is 0 Å². The Morgan fingerprint density at radius 2 is 1.26 bits per heavy atom. The highest BCUT2D eigenvalue weighted by atomic mass is 32.2. The number of rotatable bonds is 5. The van der Waals surface area contributed by atoms with E-state index in [-0.39, 0.29) is 5.56 Å². The molecule has 0 aromatic heterocycles. The lowest BCUT2D eigenvalue weighted by Gasteiger charge is -2.33. The normalized spacial score (nSPS) is 15.3. The summed E-state index contributed by atoms with van der Waals surface area (Å²) in [7, 11) is -4.23. The Labute approximate surface area is 126 Å². The molecule has 23 heavy (non-hydrogen) atoms. The molecule has 11 heteroatoms. The molecule has 0 bridgehead atoms. The zero-order valence-corrected chi connectivity index (χ0v) is 11.6. The smallest absolute Gasteiger partial charge is 0.248 e. The zero-order chi connectivity index (χ0) is 18.3. The first-order valence-corrected chi connectivity index (χ1v) is 6.69. The standard InChI is InChI=1S/C12H7F9OS/c1-7(8-5-3-2-4-6-8)23(22)12(20,21)10(15,16)9(13,14)11(17,18)19/h2-6H,1H2/t23-/m1/s1. The van der Waals surface area contributed by atoms with E-state index in [2.05, 4.69) is 6.58 Å². The Kier molecular flexibility index (Phi) is 4.96. The van der Waals surface area contributed by atoms with Crippen molar-refractivity contribution < 1.29 is 43.7 Å². The molecule has 0 aliphatic heterocycles. The minimum absolute atomic E-state index is 0.378. The third-order valence-corrected chi connectivity index (χ3v) is 4.07. The van der Waals surface area contributed by atoms with E-state index in [9.17, 15) is 43.7 Å². The largest absolute Gasteiger partial charge is 0.460 e. The summed E-state index contributed by atoms with van der Waals surface area (Å²) >= 11 is 0. The van der Waals surface area contributed by atoms with Crippen LogP contribution in [-0.2, 0) is 10.8 Å². The monoisotopic (exact) mass is 370 g/mol. The average molecular weight is 370 g/mol. The first kappa shape index (κ1) is 19.5. The van der Waals surface area contributed by atoms with Crippen LogP contribution in [0.5, 0.6) is 0 Å². The molecule has 0 spiro atoms. The minimum Gasteiger partial charge on any atom is -0.248 e. The van der Waals surface area contributed by atoms with E-state index < -0.39 is 39.0 Å². The van der Waals surface area contributed by atoms with E-state index >= 15 is 0 Å². The van der Waals surface area contributed by atoms with E-state index in [1.807, 2.05) is 0 Å². The summed E-state index contributed by atoms with van der Waals surface area (Å²) in [6.45, 7) is 2.81. The van der Waals surface area contributed by atoms with Crippen LogP contribution in [0.15, 0.2) is 36.9 Å². The quantitative estimate of drug-likeness (QED) is 0.679. The van der Waals surface area contributed by atoms with Crippen molar-refractivity contribution in [2.24, 2.45) is 0 Å². The molecular weight excluding hydrogens is 363 g/mol. The molecule has 1 rings (SSSR count). The highest BCUT2D eigenvalue weighted by Crippen LogP contribution is 2.55. The van der Waals surface area contributed by atoms with Crippen LogP contribution >= 0.6 is 0 Å². The molecule has 0 amide bonds. The first-order valence-electron chi connectivity index (χ1n) is 5.54. The molecular formula is C12H7F9OS. The third-order valence-electron chi connectivity index (χ3n) is 2.67. The van der Waals surface area contributed by atoms with Gasteiger partial charge < -0.3 is 0 Å². The first-order chi connectivity index (χ1) is 10.2. The molecule has 0 unspecified atom stereocenters. The van der Waals surface area contributed by atoms with Gasteiger partial charge in [0.15, 0.2) is 0 Å². The van der Waals surface area contributed by atoms with Crippen LogP contribution in [0.25, 0.3) is 4.91 Å². The highest BCUT2D eigenvalue weighted by Gasteiger charge is 2.83. The fourth-order valence-corrected chi connectivity index (χ4v) is 2.38. The predicted molar refractivity (Wildman–Crippen MR) is 64.5 cm³/mol. The summed E-state index contributed by atoms with van der Waals surface area (Å²) in [6, 6.07) is 5.77. The lowest BCUT2D eigenvalue weighted by Crippen LogP contribution is -2.62. The van der Waals surface area contributed by atoms with Gasteiger partial charge in [-0.25, -0.2) is 4.21 Å². The fourth-order valence-electron chi connectivity index (χ4n) is 1.36. The van der Waals surface area contributed by atoms with Crippen LogP contribution in [0, 0.1) is 0 Å². The molecule has 130 valence electrons. The molecule has 0 heterocycles. The van der Waals surface area contributed by atoms with Crippen LogP contribution in [0.1, 0.15) is 5.56 Å². The van der Waals surface area contributed by atoms with Gasteiger partial charge in [0, 0.05) is 4.91 Å². The summed E-state index contributed by atoms with van der Waals surface area (Å²) in [6.07, 6.45) is -6.96.